The zero-order valence-electron chi connectivity index (χ0n) is 21.1. The van der Waals surface area contributed by atoms with E-state index in [4.69, 9.17) is 9.47 Å². The monoisotopic (exact) mass is 472 g/mol. The largest absolute Gasteiger partial charge is 0.502 e. The van der Waals surface area contributed by atoms with E-state index in [9.17, 15) is 9.59 Å². The summed E-state index contributed by atoms with van der Waals surface area (Å²) in [5.41, 5.74) is 2.36. The molecule has 2 amide bonds. The third-order valence-electron chi connectivity index (χ3n) is 5.50. The smallest absolute Gasteiger partial charge is 0.251 e. The molecule has 0 bridgehead atoms. The number of nitrogens with one attached hydrogen (secondary N) is 3. The summed E-state index contributed by atoms with van der Waals surface area (Å²) in [5, 5.41) is 5.50. The first-order chi connectivity index (χ1) is 16.4. The van der Waals surface area contributed by atoms with Crippen LogP contribution in [0.5, 0.6) is 0 Å². The summed E-state index contributed by atoms with van der Waals surface area (Å²) in [6, 6.07) is 5.70. The second-order valence-corrected chi connectivity index (χ2v) is 7.95. The standard InChI is InChI=1S/C16H20N4O2.C6H12O2.C4H8/c1-17-16(22)11-5-6-13-14(8-11)20-15(19-13)10-3-2-4-12(7-10)18-9-21;1-6(8-3)4-5-7-2;1-3-4-2/h5-6,8-10,12H,2-4,7H2,1H3,(H,17,22)(H,18,21)(H,19,20);4H,5H2,1-3H3;3H,1,4H2,2H3/b;6-4+;. The SMILES string of the molecule is C=CCC.CNC(=O)c1ccc2nc(C3CCCC(NC=O)C3)[nH]c2c1.COC/C=C(\C)OC. The molecule has 3 N–H and O–H groups in total. The average Bonchev–Trinajstić information content (AvgIpc) is 3.31. The molecule has 1 aromatic heterocycles. The molecule has 8 heteroatoms. The van der Waals surface area contributed by atoms with Gasteiger partial charge >= 0.3 is 0 Å². The molecule has 1 fully saturated rings. The van der Waals surface area contributed by atoms with Crippen molar-refractivity contribution < 1.29 is 19.1 Å². The zero-order chi connectivity index (χ0) is 25.3. The first-order valence-corrected chi connectivity index (χ1v) is 11.7. The van der Waals surface area contributed by atoms with Crippen LogP contribution in [0, 0.1) is 0 Å². The fourth-order valence-corrected chi connectivity index (χ4v) is 3.48. The van der Waals surface area contributed by atoms with Crippen LogP contribution in [-0.4, -0.2) is 56.2 Å². The number of benzene rings is 1. The molecule has 0 aliphatic heterocycles. The summed E-state index contributed by atoms with van der Waals surface area (Å²) in [7, 11) is 4.91. The van der Waals surface area contributed by atoms with Gasteiger partial charge < -0.3 is 25.1 Å². The Morgan fingerprint density at radius 2 is 2.06 bits per heavy atom. The van der Waals surface area contributed by atoms with Crippen LogP contribution >= 0.6 is 0 Å². The van der Waals surface area contributed by atoms with Gasteiger partial charge in [0, 0.05) is 31.7 Å². The summed E-state index contributed by atoms with van der Waals surface area (Å²) >= 11 is 0. The number of methoxy groups -OCH3 is 2. The molecule has 8 nitrogen and oxygen atoms in total. The van der Waals surface area contributed by atoms with Crippen LogP contribution in [0.25, 0.3) is 11.0 Å². The van der Waals surface area contributed by atoms with Gasteiger partial charge in [-0.3, -0.25) is 9.59 Å². The van der Waals surface area contributed by atoms with E-state index in [1.54, 1.807) is 27.3 Å². The van der Waals surface area contributed by atoms with Gasteiger partial charge in [-0.15, -0.1) is 6.58 Å². The summed E-state index contributed by atoms with van der Waals surface area (Å²) < 4.78 is 9.59. The highest BCUT2D eigenvalue weighted by Crippen LogP contribution is 2.32. The van der Waals surface area contributed by atoms with E-state index in [1.165, 1.54) is 0 Å². The van der Waals surface area contributed by atoms with Crippen LogP contribution in [0.2, 0.25) is 0 Å². The lowest BCUT2D eigenvalue weighted by atomic mass is 9.85. The van der Waals surface area contributed by atoms with Crippen LogP contribution in [0.1, 0.15) is 68.1 Å². The van der Waals surface area contributed by atoms with Gasteiger partial charge in [0.25, 0.3) is 5.91 Å². The average molecular weight is 473 g/mol. The lowest BCUT2D eigenvalue weighted by Gasteiger charge is -2.27. The van der Waals surface area contributed by atoms with Gasteiger partial charge in [0.2, 0.25) is 6.41 Å². The highest BCUT2D eigenvalue weighted by atomic mass is 16.5. The van der Waals surface area contributed by atoms with Crippen molar-refractivity contribution in [2.24, 2.45) is 0 Å². The fraction of sp³-hybridized carbons (Fsp3) is 0.500. The van der Waals surface area contributed by atoms with Crippen molar-refractivity contribution in [2.45, 2.75) is 57.9 Å². The molecule has 1 aliphatic rings. The summed E-state index contributed by atoms with van der Waals surface area (Å²) in [4.78, 5) is 30.3. The van der Waals surface area contributed by atoms with E-state index < -0.39 is 0 Å². The number of H-pyrrole nitrogens is 1. The van der Waals surface area contributed by atoms with Crippen molar-refractivity contribution >= 4 is 23.4 Å². The van der Waals surface area contributed by atoms with Gasteiger partial charge in [-0.05, 0) is 56.9 Å². The molecule has 0 saturated heterocycles. The van der Waals surface area contributed by atoms with Crippen molar-refractivity contribution in [3.63, 3.8) is 0 Å². The molecule has 2 aromatic rings. The predicted octanol–water partition coefficient (Wildman–Crippen LogP) is 4.46. The van der Waals surface area contributed by atoms with Crippen LogP contribution < -0.4 is 10.6 Å². The summed E-state index contributed by atoms with van der Waals surface area (Å²) in [6.45, 7) is 8.05. The quantitative estimate of drug-likeness (QED) is 0.299. The lowest BCUT2D eigenvalue weighted by molar-refractivity contribution is -0.110. The van der Waals surface area contributed by atoms with Gasteiger partial charge in [0.1, 0.15) is 5.82 Å². The van der Waals surface area contributed by atoms with Crippen molar-refractivity contribution in [3.8, 4) is 0 Å². The molecule has 34 heavy (non-hydrogen) atoms. The van der Waals surface area contributed by atoms with Gasteiger partial charge in [0.05, 0.1) is 30.5 Å². The summed E-state index contributed by atoms with van der Waals surface area (Å²) in [5.74, 6) is 2.06. The molecule has 2 atom stereocenters. The number of carbonyl (C=O) groups excluding carboxylic acids is 2. The van der Waals surface area contributed by atoms with Crippen molar-refractivity contribution in [1.82, 2.24) is 20.6 Å². The van der Waals surface area contributed by atoms with Crippen molar-refractivity contribution in [1.29, 1.82) is 0 Å². The summed E-state index contributed by atoms with van der Waals surface area (Å²) in [6.07, 6.45) is 9.69. The normalized spacial score (nSPS) is 17.4. The maximum atomic E-state index is 11.7. The van der Waals surface area contributed by atoms with Crippen LogP contribution in [0.3, 0.4) is 0 Å². The Kier molecular flexibility index (Phi) is 14.0. The lowest BCUT2D eigenvalue weighted by Crippen LogP contribution is -2.32. The Bertz CT molecular complexity index is 923. The fourth-order valence-electron chi connectivity index (χ4n) is 3.48. The maximum absolute atomic E-state index is 11.7. The number of imidazole rings is 1. The first-order valence-electron chi connectivity index (χ1n) is 11.7. The number of aromatic amines is 1. The first kappa shape index (κ1) is 28.9. The second-order valence-electron chi connectivity index (χ2n) is 7.95. The number of amides is 2. The number of aromatic nitrogens is 2. The Labute approximate surface area is 203 Å². The zero-order valence-corrected chi connectivity index (χ0v) is 21.1. The van der Waals surface area contributed by atoms with E-state index in [-0.39, 0.29) is 11.9 Å². The van der Waals surface area contributed by atoms with Crippen LogP contribution in [0.15, 0.2) is 42.7 Å². The van der Waals surface area contributed by atoms with E-state index in [2.05, 4.69) is 34.1 Å². The van der Waals surface area contributed by atoms with Gasteiger partial charge in [0.15, 0.2) is 0 Å². The third kappa shape index (κ3) is 9.79. The Balaban J connectivity index is 0.000000403. The molecular formula is C26H40N4O4. The molecule has 1 heterocycles. The number of carbonyl (C=O) groups is 2. The Morgan fingerprint density at radius 1 is 1.32 bits per heavy atom. The topological polar surface area (TPSA) is 105 Å². The third-order valence-corrected chi connectivity index (χ3v) is 5.50. The molecular weight excluding hydrogens is 432 g/mol. The van der Waals surface area contributed by atoms with E-state index in [0.29, 0.717) is 18.1 Å². The molecule has 1 aromatic carbocycles. The number of hydrogen-bond acceptors (Lipinski definition) is 5. The van der Waals surface area contributed by atoms with E-state index in [1.807, 2.05) is 31.2 Å². The number of fused-ring (bicyclic) bond motifs is 1. The number of allylic oxidation sites excluding steroid dienone is 2. The van der Waals surface area contributed by atoms with Gasteiger partial charge in [-0.1, -0.05) is 19.4 Å². The highest BCUT2D eigenvalue weighted by Gasteiger charge is 2.25. The van der Waals surface area contributed by atoms with Crippen LogP contribution in [0.4, 0.5) is 0 Å². The van der Waals surface area contributed by atoms with E-state index >= 15 is 0 Å². The highest BCUT2D eigenvalue weighted by molar-refractivity contribution is 5.97. The second kappa shape index (κ2) is 16.5. The molecule has 1 saturated carbocycles. The molecule has 3 rings (SSSR count). The molecule has 0 radical (unpaired) electrons. The molecule has 2 unspecified atom stereocenters. The Hall–Kier alpha value is -3.13. The van der Waals surface area contributed by atoms with Crippen LogP contribution in [-0.2, 0) is 14.3 Å². The minimum atomic E-state index is -0.106. The minimum absolute atomic E-state index is 0.106. The van der Waals surface area contributed by atoms with E-state index in [0.717, 1.165) is 61.1 Å². The van der Waals surface area contributed by atoms with Gasteiger partial charge in [-0.25, -0.2) is 4.98 Å². The number of hydrogen-bond donors (Lipinski definition) is 3. The number of ether oxygens (including phenoxy) is 2. The molecule has 188 valence electrons. The Morgan fingerprint density at radius 3 is 2.65 bits per heavy atom. The predicted molar refractivity (Wildman–Crippen MR) is 137 cm³/mol. The number of rotatable bonds is 8. The number of nitrogens with zero attached hydrogens (tertiary/aromatic N) is 1. The molecule has 1 aliphatic carbocycles. The van der Waals surface area contributed by atoms with Gasteiger partial charge in [-0.2, -0.15) is 0 Å². The van der Waals surface area contributed by atoms with Crippen molar-refractivity contribution in [2.75, 3.05) is 27.9 Å². The maximum Gasteiger partial charge on any atom is 0.251 e. The molecule has 0 spiro atoms. The minimum Gasteiger partial charge on any atom is -0.502 e. The van der Waals surface area contributed by atoms with Crippen molar-refractivity contribution in [3.05, 3.63) is 54.1 Å².